The van der Waals surface area contributed by atoms with Gasteiger partial charge in [0.25, 0.3) is 0 Å². The van der Waals surface area contributed by atoms with Crippen LogP contribution in [0.15, 0.2) is 18.2 Å². The van der Waals surface area contributed by atoms with Crippen LogP contribution in [0.5, 0.6) is 11.5 Å². The van der Waals surface area contributed by atoms with Crippen molar-refractivity contribution in [1.29, 1.82) is 0 Å². The molecule has 0 bridgehead atoms. The maximum atomic E-state index is 11.1. The molecule has 0 spiro atoms. The summed E-state index contributed by atoms with van der Waals surface area (Å²) in [6.45, 7) is 2.37. The number of amides is 1. The summed E-state index contributed by atoms with van der Waals surface area (Å²) in [5, 5.41) is 11.1. The van der Waals surface area contributed by atoms with E-state index in [2.05, 4.69) is 5.32 Å². The van der Waals surface area contributed by atoms with Crippen LogP contribution in [-0.4, -0.2) is 35.5 Å². The molecular weight excluding hydrogens is 294 g/mol. The molecule has 0 aliphatic heterocycles. The van der Waals surface area contributed by atoms with Crippen LogP contribution < -0.4 is 14.8 Å². The predicted molar refractivity (Wildman–Crippen MR) is 73.4 cm³/mol. The van der Waals surface area contributed by atoms with Gasteiger partial charge >= 0.3 is 17.9 Å². The van der Waals surface area contributed by atoms with Gasteiger partial charge in [0.1, 0.15) is 6.04 Å². The number of benzene rings is 1. The molecule has 1 rings (SSSR count). The van der Waals surface area contributed by atoms with Crippen molar-refractivity contribution in [3.8, 4) is 11.5 Å². The Labute approximate surface area is 126 Å². The molecule has 8 heteroatoms. The number of esters is 2. The van der Waals surface area contributed by atoms with E-state index in [0.717, 1.165) is 0 Å². The summed E-state index contributed by atoms with van der Waals surface area (Å²) in [5.74, 6) is -2.37. The zero-order valence-corrected chi connectivity index (χ0v) is 12.0. The molecule has 0 saturated heterocycles. The highest BCUT2D eigenvalue weighted by molar-refractivity contribution is 5.77. The van der Waals surface area contributed by atoms with Crippen LogP contribution in [0, 0.1) is 0 Å². The lowest BCUT2D eigenvalue weighted by Gasteiger charge is -2.13. The van der Waals surface area contributed by atoms with E-state index in [4.69, 9.17) is 14.6 Å². The topological polar surface area (TPSA) is 119 Å². The molecule has 1 atom stereocenters. The highest BCUT2D eigenvalue weighted by Crippen LogP contribution is 2.29. The fourth-order valence-corrected chi connectivity index (χ4v) is 1.69. The van der Waals surface area contributed by atoms with Crippen LogP contribution in [0.2, 0.25) is 0 Å². The second kappa shape index (κ2) is 7.77. The quantitative estimate of drug-likeness (QED) is 0.422. The van der Waals surface area contributed by atoms with E-state index < -0.39 is 23.9 Å². The van der Waals surface area contributed by atoms with Crippen molar-refractivity contribution in [3.05, 3.63) is 23.8 Å². The van der Waals surface area contributed by atoms with Gasteiger partial charge in [-0.1, -0.05) is 6.07 Å². The van der Waals surface area contributed by atoms with Gasteiger partial charge in [0, 0.05) is 20.3 Å². The van der Waals surface area contributed by atoms with Crippen molar-refractivity contribution in [2.45, 2.75) is 26.3 Å². The molecule has 0 fully saturated rings. The average molecular weight is 309 g/mol. The van der Waals surface area contributed by atoms with E-state index in [1.54, 1.807) is 0 Å². The third kappa shape index (κ3) is 5.23. The number of hydrogen-bond donors (Lipinski definition) is 2. The van der Waals surface area contributed by atoms with Crippen LogP contribution >= 0.6 is 0 Å². The van der Waals surface area contributed by atoms with Crippen LogP contribution in [0.25, 0.3) is 0 Å². The minimum Gasteiger partial charge on any atom is -0.480 e. The number of ether oxygens (including phenoxy) is 2. The van der Waals surface area contributed by atoms with Gasteiger partial charge in [-0.15, -0.1) is 0 Å². The van der Waals surface area contributed by atoms with Crippen molar-refractivity contribution in [2.75, 3.05) is 0 Å². The highest BCUT2D eigenvalue weighted by Gasteiger charge is 2.18. The largest absolute Gasteiger partial charge is 0.480 e. The highest BCUT2D eigenvalue weighted by atomic mass is 16.6. The first-order valence-corrected chi connectivity index (χ1v) is 6.25. The molecule has 0 aliphatic carbocycles. The molecule has 0 aliphatic rings. The molecule has 0 aromatic heterocycles. The smallest absolute Gasteiger partial charge is 0.326 e. The Morgan fingerprint density at radius 3 is 2.27 bits per heavy atom. The van der Waals surface area contributed by atoms with Gasteiger partial charge in [0.15, 0.2) is 11.5 Å². The lowest BCUT2D eigenvalue weighted by Crippen LogP contribution is -2.37. The van der Waals surface area contributed by atoms with Crippen molar-refractivity contribution in [3.63, 3.8) is 0 Å². The Kier molecular flexibility index (Phi) is 6.06. The zero-order valence-electron chi connectivity index (χ0n) is 12.0. The summed E-state index contributed by atoms with van der Waals surface area (Å²) < 4.78 is 9.83. The summed E-state index contributed by atoms with van der Waals surface area (Å²) in [6, 6.07) is 3.15. The molecule has 1 aromatic carbocycles. The molecule has 1 amide bonds. The zero-order chi connectivity index (χ0) is 16.7. The molecule has 0 heterocycles. The summed E-state index contributed by atoms with van der Waals surface area (Å²) in [7, 11) is 0. The monoisotopic (exact) mass is 309 g/mol. The lowest BCUT2D eigenvalue weighted by atomic mass is 10.1. The fourth-order valence-electron chi connectivity index (χ4n) is 1.69. The molecule has 0 saturated carbocycles. The fraction of sp³-hybridized carbons (Fsp3) is 0.286. The average Bonchev–Trinajstić information content (AvgIpc) is 2.40. The second-order valence-electron chi connectivity index (χ2n) is 4.35. The summed E-state index contributed by atoms with van der Waals surface area (Å²) in [6.07, 6.45) is 0.266. The third-order valence-electron chi connectivity index (χ3n) is 2.52. The van der Waals surface area contributed by atoms with E-state index in [-0.39, 0.29) is 17.9 Å². The van der Waals surface area contributed by atoms with E-state index >= 15 is 0 Å². The minimum atomic E-state index is -1.20. The van der Waals surface area contributed by atoms with Crippen LogP contribution in [0.4, 0.5) is 0 Å². The molecule has 8 nitrogen and oxygen atoms in total. The van der Waals surface area contributed by atoms with E-state index in [0.29, 0.717) is 12.0 Å². The van der Waals surface area contributed by atoms with Gasteiger partial charge in [0.2, 0.25) is 6.41 Å². The molecular formula is C14H15NO7. The van der Waals surface area contributed by atoms with E-state index in [9.17, 15) is 19.2 Å². The predicted octanol–water partition coefficient (Wildman–Crippen LogP) is 0.279. The third-order valence-corrected chi connectivity index (χ3v) is 2.52. The number of carboxylic acids is 1. The van der Waals surface area contributed by atoms with Crippen LogP contribution in [0.1, 0.15) is 19.4 Å². The Morgan fingerprint density at radius 1 is 1.18 bits per heavy atom. The molecule has 1 aromatic rings. The normalized spacial score (nSPS) is 11.2. The lowest BCUT2D eigenvalue weighted by molar-refractivity contribution is -0.140. The Balaban J connectivity index is 3.06. The number of carbonyl (C=O) groups excluding carboxylic acids is 3. The number of hydrogen-bond acceptors (Lipinski definition) is 6. The van der Waals surface area contributed by atoms with Crippen molar-refractivity contribution in [2.24, 2.45) is 0 Å². The van der Waals surface area contributed by atoms with Gasteiger partial charge in [0.05, 0.1) is 0 Å². The maximum Gasteiger partial charge on any atom is 0.326 e. The van der Waals surface area contributed by atoms with Gasteiger partial charge in [-0.2, -0.15) is 0 Å². The van der Waals surface area contributed by atoms with Crippen LogP contribution in [0.3, 0.4) is 0 Å². The number of carbonyl (C=O) groups is 4. The first-order chi connectivity index (χ1) is 10.3. The van der Waals surface area contributed by atoms with E-state index in [1.165, 1.54) is 32.0 Å². The van der Waals surface area contributed by atoms with Crippen molar-refractivity contribution in [1.82, 2.24) is 5.32 Å². The number of carboxylic acid groups (broad SMARTS) is 1. The Morgan fingerprint density at radius 2 is 1.77 bits per heavy atom. The molecule has 22 heavy (non-hydrogen) atoms. The number of nitrogens with one attached hydrogen (secondary N) is 1. The molecule has 0 radical (unpaired) electrons. The molecule has 0 unspecified atom stereocenters. The van der Waals surface area contributed by atoms with Gasteiger partial charge < -0.3 is 19.9 Å². The van der Waals surface area contributed by atoms with Gasteiger partial charge in [-0.3, -0.25) is 14.4 Å². The maximum absolute atomic E-state index is 11.1. The first kappa shape index (κ1) is 17.2. The molecule has 118 valence electrons. The van der Waals surface area contributed by atoms with E-state index in [1.807, 2.05) is 0 Å². The second-order valence-corrected chi connectivity index (χ2v) is 4.35. The molecule has 2 N–H and O–H groups in total. The standard InChI is InChI=1S/C14H15NO7/c1-8(17)21-12-4-3-10(6-13(12)22-9(2)18)5-11(14(19)20)15-7-16/h3-4,6-7,11H,5H2,1-2H3,(H,15,16)(H,19,20)/t11-/m0/s1. The summed E-state index contributed by atoms with van der Waals surface area (Å²) in [5.41, 5.74) is 0.480. The Bertz CT molecular complexity index is 597. The summed E-state index contributed by atoms with van der Waals surface area (Å²) in [4.78, 5) is 43.5. The summed E-state index contributed by atoms with van der Waals surface area (Å²) >= 11 is 0. The van der Waals surface area contributed by atoms with Crippen LogP contribution in [-0.2, 0) is 25.6 Å². The van der Waals surface area contributed by atoms with Crippen molar-refractivity contribution >= 4 is 24.3 Å². The van der Waals surface area contributed by atoms with Gasteiger partial charge in [-0.25, -0.2) is 4.79 Å². The Hall–Kier alpha value is -2.90. The van der Waals surface area contributed by atoms with Gasteiger partial charge in [-0.05, 0) is 17.7 Å². The number of aliphatic carboxylic acids is 1. The van der Waals surface area contributed by atoms with Crippen molar-refractivity contribution < 1.29 is 33.8 Å². The minimum absolute atomic E-state index is 0.00422. The number of rotatable bonds is 7. The SMILES string of the molecule is CC(=O)Oc1ccc(C[C@H](NC=O)C(=O)O)cc1OC(C)=O. The first-order valence-electron chi connectivity index (χ1n) is 6.25.